The van der Waals surface area contributed by atoms with E-state index in [1.807, 2.05) is 91.0 Å². The number of benzene rings is 4. The van der Waals surface area contributed by atoms with Crippen LogP contribution in [-0.4, -0.2) is 48.2 Å². The first-order chi connectivity index (χ1) is 22.2. The molecule has 9 nitrogen and oxygen atoms in total. The molecule has 236 valence electrons. The van der Waals surface area contributed by atoms with Gasteiger partial charge in [0.15, 0.2) is 0 Å². The summed E-state index contributed by atoms with van der Waals surface area (Å²) in [5.41, 5.74) is 1.51. The number of nitrogens with one attached hydrogen (secondary N) is 1. The molecule has 0 aliphatic carbocycles. The van der Waals surface area contributed by atoms with Gasteiger partial charge in [-0.1, -0.05) is 109 Å². The number of aromatic nitrogens is 1. The molecule has 0 aliphatic rings. The van der Waals surface area contributed by atoms with Gasteiger partial charge in [0.1, 0.15) is 10.9 Å². The van der Waals surface area contributed by atoms with Gasteiger partial charge >= 0.3 is 11.9 Å². The van der Waals surface area contributed by atoms with Crippen LogP contribution in [0.4, 0.5) is 0 Å². The molecule has 1 aromatic heterocycles. The molecule has 3 N–H and O–H groups in total. The van der Waals surface area contributed by atoms with Crippen molar-refractivity contribution in [3.05, 3.63) is 144 Å². The Hall–Kier alpha value is -4.90. The molecule has 0 unspecified atom stereocenters. The third kappa shape index (κ3) is 7.15. The number of hydrogen-bond acceptors (Lipinski definition) is 7. The number of hydrogen-bond donors (Lipinski definition) is 3. The summed E-state index contributed by atoms with van der Waals surface area (Å²) in [7, 11) is -4.17. The van der Waals surface area contributed by atoms with Crippen molar-refractivity contribution >= 4 is 33.0 Å². The fourth-order valence-electron chi connectivity index (χ4n) is 5.76. The van der Waals surface area contributed by atoms with E-state index >= 15 is 0 Å². The van der Waals surface area contributed by atoms with Crippen LogP contribution < -0.4 is 5.32 Å². The maximum atomic E-state index is 13.0. The van der Waals surface area contributed by atoms with Gasteiger partial charge < -0.3 is 10.2 Å². The van der Waals surface area contributed by atoms with Crippen molar-refractivity contribution < 1.29 is 32.4 Å². The molecule has 0 amide bonds. The fraction of sp³-hybridized carbons (Fsp3) is 0.194. The summed E-state index contributed by atoms with van der Waals surface area (Å²) in [6.45, 7) is -0.275. The summed E-state index contributed by atoms with van der Waals surface area (Å²) in [6, 6.07) is 35.2. The fourth-order valence-corrected chi connectivity index (χ4v) is 6.88. The van der Waals surface area contributed by atoms with E-state index in [1.54, 1.807) is 24.3 Å². The topological polar surface area (TPSA) is 143 Å². The monoisotopic (exact) mass is 638 g/mol. The summed E-state index contributed by atoms with van der Waals surface area (Å²) in [5.74, 6) is -3.49. The number of rotatable bonds is 15. The molecule has 1 heterocycles. The minimum absolute atomic E-state index is 0.000881. The largest absolute Gasteiger partial charge is 0.481 e. The lowest BCUT2D eigenvalue weighted by Crippen LogP contribution is -2.53. The van der Waals surface area contributed by atoms with E-state index in [1.165, 1.54) is 12.3 Å². The zero-order valence-corrected chi connectivity index (χ0v) is 25.7. The zero-order valence-electron chi connectivity index (χ0n) is 24.9. The molecule has 0 bridgehead atoms. The molecule has 10 heteroatoms. The number of nitrogens with zero attached hydrogens (tertiary/aromatic N) is 1. The van der Waals surface area contributed by atoms with Crippen molar-refractivity contribution in [1.82, 2.24) is 10.3 Å². The van der Waals surface area contributed by atoms with Gasteiger partial charge in [0.2, 0.25) is 0 Å². The molecular formula is C36H34N2O7S. The van der Waals surface area contributed by atoms with Crippen molar-refractivity contribution in [2.24, 2.45) is 5.92 Å². The Kier molecular flexibility index (Phi) is 10.2. The first-order valence-electron chi connectivity index (χ1n) is 14.9. The van der Waals surface area contributed by atoms with Gasteiger partial charge in [0, 0.05) is 11.6 Å². The second kappa shape index (κ2) is 14.5. The van der Waals surface area contributed by atoms with Crippen LogP contribution in [0.15, 0.2) is 132 Å². The Labute approximate surface area is 267 Å². The van der Waals surface area contributed by atoms with Gasteiger partial charge in [-0.15, -0.1) is 0 Å². The Bertz CT molecular complexity index is 1780. The first kappa shape index (κ1) is 32.5. The SMILES string of the molecule is O=C(O)[C@@H](CCCOS(=O)(=O)c1cccc2cccnc12)C[C@@H](NC(c1ccccc1)(c1ccccc1)c1ccccc1)C(=O)O. The molecule has 5 rings (SSSR count). The number of pyridine rings is 1. The van der Waals surface area contributed by atoms with Gasteiger partial charge in [-0.25, -0.2) is 0 Å². The highest BCUT2D eigenvalue weighted by Crippen LogP contribution is 2.38. The molecule has 2 atom stereocenters. The summed E-state index contributed by atoms with van der Waals surface area (Å²) in [4.78, 5) is 29.3. The minimum atomic E-state index is -4.17. The van der Waals surface area contributed by atoms with Gasteiger partial charge in [-0.3, -0.25) is 24.1 Å². The number of fused-ring (bicyclic) bond motifs is 1. The van der Waals surface area contributed by atoms with Crippen molar-refractivity contribution in [1.29, 1.82) is 0 Å². The third-order valence-corrected chi connectivity index (χ3v) is 9.32. The number of carbonyl (C=O) groups is 2. The Balaban J connectivity index is 1.37. The van der Waals surface area contributed by atoms with E-state index in [9.17, 15) is 28.2 Å². The van der Waals surface area contributed by atoms with Crippen LogP contribution in [-0.2, 0) is 29.4 Å². The Morgan fingerprint density at radius 1 is 0.739 bits per heavy atom. The molecule has 0 fully saturated rings. The van der Waals surface area contributed by atoms with E-state index in [0.717, 1.165) is 16.7 Å². The molecule has 5 aromatic rings. The van der Waals surface area contributed by atoms with Crippen molar-refractivity contribution in [2.45, 2.75) is 35.7 Å². The Morgan fingerprint density at radius 3 is 1.80 bits per heavy atom. The predicted molar refractivity (Wildman–Crippen MR) is 174 cm³/mol. The van der Waals surface area contributed by atoms with E-state index in [0.29, 0.717) is 5.39 Å². The molecule has 0 spiro atoms. The average molecular weight is 639 g/mol. The molecule has 0 aliphatic heterocycles. The van der Waals surface area contributed by atoms with Gasteiger partial charge in [-0.2, -0.15) is 8.42 Å². The second-order valence-corrected chi connectivity index (χ2v) is 12.5. The van der Waals surface area contributed by atoms with Crippen molar-refractivity contribution in [2.75, 3.05) is 6.61 Å². The molecule has 0 saturated carbocycles. The maximum absolute atomic E-state index is 13.0. The second-order valence-electron chi connectivity index (χ2n) is 10.9. The normalized spacial score (nSPS) is 13.2. The summed E-state index contributed by atoms with van der Waals surface area (Å²) < 4.78 is 31.2. The highest BCUT2D eigenvalue weighted by atomic mass is 32.2. The van der Waals surface area contributed by atoms with Crippen LogP contribution in [0.1, 0.15) is 36.0 Å². The van der Waals surface area contributed by atoms with Crippen molar-refractivity contribution in [3.63, 3.8) is 0 Å². The molecule has 46 heavy (non-hydrogen) atoms. The highest BCUT2D eigenvalue weighted by Gasteiger charge is 2.41. The first-order valence-corrected chi connectivity index (χ1v) is 16.3. The molecule has 0 radical (unpaired) electrons. The number of carboxylic acids is 2. The lowest BCUT2D eigenvalue weighted by molar-refractivity contribution is -0.144. The molecule has 0 saturated heterocycles. The predicted octanol–water partition coefficient (Wildman–Crippen LogP) is 5.85. The van der Waals surface area contributed by atoms with E-state index in [2.05, 4.69) is 10.3 Å². The van der Waals surface area contributed by atoms with E-state index in [-0.39, 0.29) is 36.3 Å². The van der Waals surface area contributed by atoms with E-state index < -0.39 is 39.6 Å². The van der Waals surface area contributed by atoms with Gasteiger partial charge in [0.05, 0.1) is 23.6 Å². The molecular weight excluding hydrogens is 604 g/mol. The quantitative estimate of drug-likeness (QED) is 0.0731. The summed E-state index contributed by atoms with van der Waals surface area (Å²) >= 11 is 0. The van der Waals surface area contributed by atoms with E-state index in [4.69, 9.17) is 4.18 Å². The highest BCUT2D eigenvalue weighted by molar-refractivity contribution is 7.87. The Morgan fingerprint density at radius 2 is 1.28 bits per heavy atom. The van der Waals surface area contributed by atoms with Crippen LogP contribution in [0.2, 0.25) is 0 Å². The van der Waals surface area contributed by atoms with Crippen LogP contribution in [0.3, 0.4) is 0 Å². The number of aliphatic carboxylic acids is 2. The lowest BCUT2D eigenvalue weighted by atomic mass is 9.76. The van der Waals surface area contributed by atoms with Crippen LogP contribution in [0, 0.1) is 5.92 Å². The zero-order chi connectivity index (χ0) is 32.6. The third-order valence-electron chi connectivity index (χ3n) is 7.98. The summed E-state index contributed by atoms with van der Waals surface area (Å²) in [5, 5.41) is 24.6. The number of carboxylic acid groups (broad SMARTS) is 2. The number of para-hydroxylation sites is 1. The standard InChI is InChI=1S/C36H34N2O7S/c39-34(40)27(15-12-24-45-46(43,44)32-22-10-13-26-14-11-23-37-33(26)32)25-31(35(41)42)38-36(28-16-4-1-5-17-28,29-18-6-2-7-19-29)30-20-8-3-9-21-30/h1-11,13-14,16-23,27,31,38H,12,15,24-25H2,(H,39,40)(H,41,42)/t27-,31+/m0/s1. The van der Waals surface area contributed by atoms with Gasteiger partial charge in [-0.05, 0) is 48.1 Å². The molecule has 4 aromatic carbocycles. The van der Waals surface area contributed by atoms with Crippen LogP contribution in [0.25, 0.3) is 10.9 Å². The van der Waals surface area contributed by atoms with Crippen LogP contribution in [0.5, 0.6) is 0 Å². The minimum Gasteiger partial charge on any atom is -0.481 e. The smallest absolute Gasteiger partial charge is 0.320 e. The summed E-state index contributed by atoms with van der Waals surface area (Å²) in [6.07, 6.45) is 1.31. The van der Waals surface area contributed by atoms with Crippen molar-refractivity contribution in [3.8, 4) is 0 Å². The lowest BCUT2D eigenvalue weighted by Gasteiger charge is -2.39. The average Bonchev–Trinajstić information content (AvgIpc) is 3.08. The van der Waals surface area contributed by atoms with Crippen LogP contribution >= 0.6 is 0 Å². The maximum Gasteiger partial charge on any atom is 0.320 e. The van der Waals surface area contributed by atoms with Gasteiger partial charge in [0.25, 0.3) is 10.1 Å².